The quantitative estimate of drug-likeness (QED) is 0.736. The Bertz CT molecular complexity index is 723. The molecule has 0 spiro atoms. The van der Waals surface area contributed by atoms with Gasteiger partial charge in [-0.05, 0) is 30.4 Å². The van der Waals surface area contributed by atoms with Crippen molar-refractivity contribution in [1.29, 1.82) is 0 Å². The number of thioether (sulfide) groups is 2. The van der Waals surface area contributed by atoms with Crippen LogP contribution in [0.25, 0.3) is 0 Å². The predicted octanol–water partition coefficient (Wildman–Crippen LogP) is 3.18. The van der Waals surface area contributed by atoms with E-state index in [2.05, 4.69) is 22.4 Å². The van der Waals surface area contributed by atoms with E-state index >= 15 is 0 Å². The van der Waals surface area contributed by atoms with E-state index in [0.717, 1.165) is 31.5 Å². The van der Waals surface area contributed by atoms with E-state index in [9.17, 15) is 4.79 Å². The number of carbonyl (C=O) groups excluding carboxylic acids is 1. The number of ether oxygens (including phenoxy) is 2. The molecule has 1 aliphatic heterocycles. The Labute approximate surface area is 152 Å². The number of nitrogens with zero attached hydrogens (tertiary/aromatic N) is 2. The Balaban J connectivity index is 1.50. The molecule has 0 radical (unpaired) electrons. The Morgan fingerprint density at radius 3 is 2.96 bits per heavy atom. The minimum absolute atomic E-state index is 0.0300. The van der Waals surface area contributed by atoms with Crippen LogP contribution in [0.3, 0.4) is 0 Å². The average Bonchev–Trinajstić information content (AvgIpc) is 3.21. The zero-order chi connectivity index (χ0) is 16.9. The first-order valence-corrected chi connectivity index (χ1v) is 10.1. The first-order valence-electron chi connectivity index (χ1n) is 7.45. The third-order valence-corrected chi connectivity index (χ3v) is 6.33. The van der Waals surface area contributed by atoms with Gasteiger partial charge in [0, 0.05) is 6.54 Å². The van der Waals surface area contributed by atoms with Crippen molar-refractivity contribution < 1.29 is 14.3 Å². The van der Waals surface area contributed by atoms with Crippen LogP contribution in [0.2, 0.25) is 0 Å². The predicted molar refractivity (Wildman–Crippen MR) is 96.0 cm³/mol. The normalized spacial score (nSPS) is 13.8. The maximum Gasteiger partial charge on any atom is 0.233 e. The van der Waals surface area contributed by atoms with Crippen molar-refractivity contribution in [2.24, 2.45) is 0 Å². The molecule has 1 amide bonds. The monoisotopic (exact) mass is 383 g/mol. The highest BCUT2D eigenvalue weighted by Crippen LogP contribution is 2.33. The summed E-state index contributed by atoms with van der Waals surface area (Å²) in [7, 11) is 0. The molecule has 1 N–H and O–H groups in total. The summed E-state index contributed by atoms with van der Waals surface area (Å²) < 4.78 is 12.4. The SMILES string of the molecule is CCSc1nnc(S[C@@H](C)C(=O)NCc2ccc3c(c2)OCO3)s1. The van der Waals surface area contributed by atoms with E-state index in [0.29, 0.717) is 6.54 Å². The number of hydrogen-bond donors (Lipinski definition) is 1. The van der Waals surface area contributed by atoms with Crippen molar-refractivity contribution in [3.8, 4) is 11.5 Å². The molecular formula is C15H17N3O3S3. The third kappa shape index (κ3) is 4.34. The van der Waals surface area contributed by atoms with Crippen LogP contribution in [-0.4, -0.2) is 33.9 Å². The summed E-state index contributed by atoms with van der Waals surface area (Å²) >= 11 is 4.61. The van der Waals surface area contributed by atoms with Crippen LogP contribution in [0.1, 0.15) is 19.4 Å². The fourth-order valence-corrected chi connectivity index (χ4v) is 5.10. The molecule has 0 bridgehead atoms. The van der Waals surface area contributed by atoms with Gasteiger partial charge in [0.2, 0.25) is 12.7 Å². The van der Waals surface area contributed by atoms with Crippen molar-refractivity contribution in [3.05, 3.63) is 23.8 Å². The molecule has 0 unspecified atom stereocenters. The molecule has 128 valence electrons. The molecule has 0 fully saturated rings. The summed E-state index contributed by atoms with van der Waals surface area (Å²) in [6.45, 7) is 4.64. The molecular weight excluding hydrogens is 366 g/mol. The second-order valence-electron chi connectivity index (χ2n) is 4.93. The molecule has 24 heavy (non-hydrogen) atoms. The second kappa shape index (κ2) is 8.09. The van der Waals surface area contributed by atoms with E-state index in [1.54, 1.807) is 11.8 Å². The number of fused-ring (bicyclic) bond motifs is 1. The summed E-state index contributed by atoms with van der Waals surface area (Å²) in [6, 6.07) is 5.67. The fraction of sp³-hybridized carbons (Fsp3) is 0.400. The maximum absolute atomic E-state index is 12.3. The van der Waals surface area contributed by atoms with Gasteiger partial charge in [-0.25, -0.2) is 0 Å². The smallest absolute Gasteiger partial charge is 0.233 e. The number of nitrogens with one attached hydrogen (secondary N) is 1. The first-order chi connectivity index (χ1) is 11.7. The molecule has 6 nitrogen and oxygen atoms in total. The molecule has 0 saturated carbocycles. The lowest BCUT2D eigenvalue weighted by molar-refractivity contribution is -0.120. The number of carbonyl (C=O) groups is 1. The minimum atomic E-state index is -0.230. The van der Waals surface area contributed by atoms with Crippen LogP contribution in [0.5, 0.6) is 11.5 Å². The summed E-state index contributed by atoms with van der Waals surface area (Å²) in [4.78, 5) is 12.3. The highest BCUT2D eigenvalue weighted by molar-refractivity contribution is 8.03. The molecule has 0 aliphatic carbocycles. The van der Waals surface area contributed by atoms with Gasteiger partial charge >= 0.3 is 0 Å². The molecule has 2 heterocycles. The summed E-state index contributed by atoms with van der Waals surface area (Å²) in [5.41, 5.74) is 0.974. The van der Waals surface area contributed by atoms with Crippen molar-refractivity contribution in [2.75, 3.05) is 12.5 Å². The molecule has 1 aliphatic rings. The number of amides is 1. The summed E-state index contributed by atoms with van der Waals surface area (Å²) in [6.07, 6.45) is 0. The van der Waals surface area contributed by atoms with E-state index in [4.69, 9.17) is 9.47 Å². The fourth-order valence-electron chi connectivity index (χ4n) is 2.02. The lowest BCUT2D eigenvalue weighted by atomic mass is 10.2. The van der Waals surface area contributed by atoms with Crippen molar-refractivity contribution in [3.63, 3.8) is 0 Å². The lowest BCUT2D eigenvalue weighted by Gasteiger charge is -2.10. The highest BCUT2D eigenvalue weighted by atomic mass is 32.2. The molecule has 9 heteroatoms. The standard InChI is InChI=1S/C15H17N3O3S3/c1-3-22-14-17-18-15(24-14)23-9(2)13(19)16-7-10-4-5-11-12(6-10)21-8-20-11/h4-6,9H,3,7-8H2,1-2H3,(H,16,19)/t9-/m0/s1. The van der Waals surface area contributed by atoms with E-state index in [-0.39, 0.29) is 18.0 Å². The molecule has 1 aromatic heterocycles. The van der Waals surface area contributed by atoms with Crippen LogP contribution in [-0.2, 0) is 11.3 Å². The van der Waals surface area contributed by atoms with E-state index in [1.807, 2.05) is 25.1 Å². The Morgan fingerprint density at radius 1 is 1.33 bits per heavy atom. The van der Waals surface area contributed by atoms with Gasteiger partial charge < -0.3 is 14.8 Å². The van der Waals surface area contributed by atoms with Gasteiger partial charge in [-0.3, -0.25) is 4.79 Å². The van der Waals surface area contributed by atoms with E-state index in [1.165, 1.54) is 23.1 Å². The molecule has 1 atom stereocenters. The molecule has 3 rings (SSSR count). The van der Waals surface area contributed by atoms with Gasteiger partial charge in [-0.15, -0.1) is 10.2 Å². The van der Waals surface area contributed by atoms with Gasteiger partial charge in [0.15, 0.2) is 20.2 Å². The number of rotatable bonds is 7. The average molecular weight is 384 g/mol. The maximum atomic E-state index is 12.3. The molecule has 1 aromatic carbocycles. The zero-order valence-electron chi connectivity index (χ0n) is 13.3. The van der Waals surface area contributed by atoms with Crippen LogP contribution in [0.4, 0.5) is 0 Å². The largest absolute Gasteiger partial charge is 0.454 e. The van der Waals surface area contributed by atoms with Crippen LogP contribution < -0.4 is 14.8 Å². The van der Waals surface area contributed by atoms with Gasteiger partial charge in [-0.2, -0.15) is 0 Å². The Morgan fingerprint density at radius 2 is 2.12 bits per heavy atom. The number of aromatic nitrogens is 2. The van der Waals surface area contributed by atoms with Crippen molar-refractivity contribution in [1.82, 2.24) is 15.5 Å². The van der Waals surface area contributed by atoms with Crippen LogP contribution >= 0.6 is 34.9 Å². The van der Waals surface area contributed by atoms with Gasteiger partial charge in [-0.1, -0.05) is 47.9 Å². The zero-order valence-corrected chi connectivity index (χ0v) is 15.7. The third-order valence-electron chi connectivity index (χ3n) is 3.21. The highest BCUT2D eigenvalue weighted by Gasteiger charge is 2.18. The second-order valence-corrected chi connectivity index (χ2v) is 9.01. The number of benzene rings is 1. The van der Waals surface area contributed by atoms with Crippen molar-refractivity contribution >= 4 is 40.8 Å². The first kappa shape index (κ1) is 17.4. The van der Waals surface area contributed by atoms with E-state index < -0.39 is 0 Å². The summed E-state index contributed by atoms with van der Waals surface area (Å²) in [5.74, 6) is 2.40. The minimum Gasteiger partial charge on any atom is -0.454 e. The van der Waals surface area contributed by atoms with Gasteiger partial charge in [0.05, 0.1) is 5.25 Å². The van der Waals surface area contributed by atoms with Gasteiger partial charge in [0.1, 0.15) is 0 Å². The lowest BCUT2D eigenvalue weighted by Crippen LogP contribution is -2.30. The van der Waals surface area contributed by atoms with Crippen molar-refractivity contribution in [2.45, 2.75) is 34.3 Å². The molecule has 2 aromatic rings. The van der Waals surface area contributed by atoms with Gasteiger partial charge in [0.25, 0.3) is 0 Å². The topological polar surface area (TPSA) is 73.3 Å². The molecule has 0 saturated heterocycles. The number of hydrogen-bond acceptors (Lipinski definition) is 8. The van der Waals surface area contributed by atoms with Crippen LogP contribution in [0, 0.1) is 0 Å². The summed E-state index contributed by atoms with van der Waals surface area (Å²) in [5, 5.41) is 10.9. The Hall–Kier alpha value is -1.45. The Kier molecular flexibility index (Phi) is 5.85. The van der Waals surface area contributed by atoms with Crippen LogP contribution in [0.15, 0.2) is 26.9 Å².